The summed E-state index contributed by atoms with van der Waals surface area (Å²) in [6, 6.07) is 0. The summed E-state index contributed by atoms with van der Waals surface area (Å²) in [5.74, 6) is 0. The standard InChI is InChI=1S/C10H15BCl2/c1-6-7(2)9(4)10(5,8(6)3)11(12)13/h1-5H3. The Morgan fingerprint density at radius 1 is 0.923 bits per heavy atom. The van der Waals surface area contributed by atoms with Crippen LogP contribution in [0.15, 0.2) is 22.3 Å². The summed E-state index contributed by atoms with van der Waals surface area (Å²) < 4.78 is 0. The van der Waals surface area contributed by atoms with E-state index in [0.717, 1.165) is 0 Å². The minimum atomic E-state index is -0.361. The number of halogens is 2. The second-order valence-electron chi connectivity index (χ2n) is 4.00. The minimum absolute atomic E-state index is 0.155. The quantitative estimate of drug-likeness (QED) is 0.571. The molecule has 0 aromatic carbocycles. The van der Waals surface area contributed by atoms with Crippen LogP contribution in [0, 0.1) is 0 Å². The van der Waals surface area contributed by atoms with E-state index in [1.807, 2.05) is 0 Å². The van der Waals surface area contributed by atoms with Crippen LogP contribution in [0.25, 0.3) is 0 Å². The number of allylic oxidation sites excluding steroid dienone is 4. The molecule has 72 valence electrons. The fourth-order valence-electron chi connectivity index (χ4n) is 1.95. The van der Waals surface area contributed by atoms with E-state index in [2.05, 4.69) is 34.6 Å². The Labute approximate surface area is 90.9 Å². The van der Waals surface area contributed by atoms with Crippen LogP contribution in [0.3, 0.4) is 0 Å². The van der Waals surface area contributed by atoms with Crippen LogP contribution in [0.1, 0.15) is 34.6 Å². The normalized spacial score (nSPS) is 21.5. The Balaban J connectivity index is 3.31. The van der Waals surface area contributed by atoms with E-state index in [1.54, 1.807) is 0 Å². The number of rotatable bonds is 1. The summed E-state index contributed by atoms with van der Waals surface area (Å²) in [5.41, 5.74) is 4.92. The van der Waals surface area contributed by atoms with Crippen molar-refractivity contribution < 1.29 is 0 Å². The highest BCUT2D eigenvalue weighted by atomic mass is 35.5. The SMILES string of the molecule is CC1=C(C)C(C)(B(Cl)Cl)C(C)=C1C. The van der Waals surface area contributed by atoms with Gasteiger partial charge in [0.05, 0.1) is 0 Å². The molecule has 0 aromatic heterocycles. The van der Waals surface area contributed by atoms with Gasteiger partial charge in [0.15, 0.2) is 0 Å². The fourth-order valence-corrected chi connectivity index (χ4v) is 2.60. The van der Waals surface area contributed by atoms with Crippen molar-refractivity contribution in [2.45, 2.75) is 39.9 Å². The van der Waals surface area contributed by atoms with Gasteiger partial charge in [0.2, 0.25) is 0 Å². The van der Waals surface area contributed by atoms with Crippen molar-refractivity contribution in [2.75, 3.05) is 0 Å². The Hall–Kier alpha value is 0.125. The van der Waals surface area contributed by atoms with Crippen LogP contribution in [0.2, 0.25) is 5.31 Å². The topological polar surface area (TPSA) is 0 Å². The van der Waals surface area contributed by atoms with Gasteiger partial charge in [-0.25, -0.2) is 0 Å². The molecule has 0 heterocycles. The van der Waals surface area contributed by atoms with Crippen LogP contribution < -0.4 is 0 Å². The van der Waals surface area contributed by atoms with Gasteiger partial charge in [0.1, 0.15) is 0 Å². The highest BCUT2D eigenvalue weighted by molar-refractivity contribution is 7.35. The molecule has 0 saturated heterocycles. The molecule has 0 radical (unpaired) electrons. The first-order chi connectivity index (χ1) is 5.83. The number of hydrogen-bond donors (Lipinski definition) is 0. The first-order valence-corrected chi connectivity index (χ1v) is 5.35. The maximum atomic E-state index is 6.04. The van der Waals surface area contributed by atoms with Crippen molar-refractivity contribution in [1.29, 1.82) is 0 Å². The maximum absolute atomic E-state index is 6.04. The largest absolute Gasteiger partial charge is 0.365 e. The molecule has 1 aliphatic rings. The van der Waals surface area contributed by atoms with Crippen molar-refractivity contribution in [3.8, 4) is 0 Å². The number of hydrogen-bond acceptors (Lipinski definition) is 0. The van der Waals surface area contributed by atoms with Gasteiger partial charge in [0.25, 0.3) is 0 Å². The summed E-state index contributed by atoms with van der Waals surface area (Å²) in [6.07, 6.45) is 0. The third-order valence-corrected chi connectivity index (χ3v) is 4.55. The van der Waals surface area contributed by atoms with Gasteiger partial charge in [-0.3, -0.25) is 0 Å². The van der Waals surface area contributed by atoms with E-state index in [0.29, 0.717) is 0 Å². The van der Waals surface area contributed by atoms with Crippen molar-refractivity contribution in [3.05, 3.63) is 22.3 Å². The van der Waals surface area contributed by atoms with Gasteiger partial charge in [-0.05, 0) is 38.8 Å². The second-order valence-corrected chi connectivity index (χ2v) is 5.10. The molecule has 0 N–H and O–H groups in total. The van der Waals surface area contributed by atoms with Crippen LogP contribution in [0.4, 0.5) is 0 Å². The van der Waals surface area contributed by atoms with Gasteiger partial charge >= 0.3 is 5.54 Å². The molecule has 0 unspecified atom stereocenters. The average Bonchev–Trinajstić information content (AvgIpc) is 2.22. The highest BCUT2D eigenvalue weighted by Crippen LogP contribution is 2.55. The van der Waals surface area contributed by atoms with Crippen LogP contribution in [-0.4, -0.2) is 5.54 Å². The molecule has 3 heteroatoms. The molecule has 0 spiro atoms. The molecule has 0 nitrogen and oxygen atoms in total. The van der Waals surface area contributed by atoms with E-state index in [1.165, 1.54) is 22.3 Å². The summed E-state index contributed by atoms with van der Waals surface area (Å²) in [4.78, 5) is 0. The zero-order chi connectivity index (χ0) is 10.4. The van der Waals surface area contributed by atoms with Gasteiger partial charge in [-0.15, -0.1) is 0 Å². The van der Waals surface area contributed by atoms with Crippen molar-refractivity contribution in [1.82, 2.24) is 0 Å². The van der Waals surface area contributed by atoms with E-state index in [9.17, 15) is 0 Å². The van der Waals surface area contributed by atoms with Crippen LogP contribution in [-0.2, 0) is 0 Å². The molecule has 0 amide bonds. The van der Waals surface area contributed by atoms with E-state index in [4.69, 9.17) is 22.9 Å². The summed E-state index contributed by atoms with van der Waals surface area (Å²) in [7, 11) is 0. The zero-order valence-corrected chi connectivity index (χ0v) is 10.3. The van der Waals surface area contributed by atoms with Gasteiger partial charge in [-0.1, -0.05) is 18.1 Å². The molecule has 0 atom stereocenters. The molecular formula is C10H15BCl2. The van der Waals surface area contributed by atoms with E-state index >= 15 is 0 Å². The maximum Gasteiger partial charge on any atom is 0.365 e. The molecule has 0 bridgehead atoms. The predicted molar refractivity (Wildman–Crippen MR) is 62.6 cm³/mol. The molecule has 1 aliphatic carbocycles. The van der Waals surface area contributed by atoms with Crippen LogP contribution >= 0.6 is 22.9 Å². The third-order valence-electron chi connectivity index (χ3n) is 3.68. The van der Waals surface area contributed by atoms with Gasteiger partial charge in [0, 0.05) is 5.31 Å². The molecular weight excluding hydrogens is 202 g/mol. The smallest absolute Gasteiger partial charge is 0.170 e. The molecule has 0 aliphatic heterocycles. The Bertz CT molecular complexity index is 276. The van der Waals surface area contributed by atoms with Crippen molar-refractivity contribution >= 4 is 28.5 Å². The van der Waals surface area contributed by atoms with Crippen molar-refractivity contribution in [2.24, 2.45) is 0 Å². The minimum Gasteiger partial charge on any atom is -0.170 e. The first kappa shape index (κ1) is 11.2. The van der Waals surface area contributed by atoms with Gasteiger partial charge in [-0.2, -0.15) is 22.9 Å². The zero-order valence-electron chi connectivity index (χ0n) is 8.83. The lowest BCUT2D eigenvalue weighted by molar-refractivity contribution is 0.833. The fraction of sp³-hybridized carbons (Fsp3) is 0.600. The molecule has 0 aromatic rings. The van der Waals surface area contributed by atoms with E-state index < -0.39 is 0 Å². The predicted octanol–water partition coefficient (Wildman–Crippen LogP) is 4.40. The Kier molecular flexibility index (Phi) is 2.90. The lowest BCUT2D eigenvalue weighted by Crippen LogP contribution is -2.21. The molecule has 13 heavy (non-hydrogen) atoms. The highest BCUT2D eigenvalue weighted by Gasteiger charge is 2.43. The average molecular weight is 217 g/mol. The second kappa shape index (κ2) is 3.36. The third kappa shape index (κ3) is 1.37. The summed E-state index contributed by atoms with van der Waals surface area (Å²) in [6.45, 7) is 10.6. The Morgan fingerprint density at radius 3 is 1.38 bits per heavy atom. The molecule has 0 saturated carbocycles. The van der Waals surface area contributed by atoms with Crippen molar-refractivity contribution in [3.63, 3.8) is 0 Å². The lowest BCUT2D eigenvalue weighted by atomic mass is 9.61. The summed E-state index contributed by atoms with van der Waals surface area (Å²) in [5, 5.41) is -0.155. The van der Waals surface area contributed by atoms with E-state index in [-0.39, 0.29) is 10.9 Å². The first-order valence-electron chi connectivity index (χ1n) is 4.48. The van der Waals surface area contributed by atoms with Crippen LogP contribution in [0.5, 0.6) is 0 Å². The van der Waals surface area contributed by atoms with Gasteiger partial charge < -0.3 is 0 Å². The molecule has 1 rings (SSSR count). The lowest BCUT2D eigenvalue weighted by Gasteiger charge is -2.28. The molecule has 0 fully saturated rings. The monoisotopic (exact) mass is 216 g/mol. The summed E-state index contributed by atoms with van der Waals surface area (Å²) >= 11 is 12.1. The Morgan fingerprint density at radius 2 is 1.23 bits per heavy atom.